The van der Waals surface area contributed by atoms with Gasteiger partial charge in [0.25, 0.3) is 17.5 Å². The molecule has 4 aromatic rings. The molecule has 0 aliphatic carbocycles. The number of nitro groups is 1. The number of nitro benzene ring substituents is 1. The van der Waals surface area contributed by atoms with Gasteiger partial charge in [0, 0.05) is 17.8 Å². The van der Waals surface area contributed by atoms with Gasteiger partial charge in [-0.3, -0.25) is 14.9 Å². The Bertz CT molecular complexity index is 1250. The molecule has 1 heterocycles. The zero-order chi connectivity index (χ0) is 21.8. The minimum atomic E-state index is -0.504. The Hall–Kier alpha value is -4.53. The highest BCUT2D eigenvalue weighted by molar-refractivity contribution is 6.08. The normalized spacial score (nSPS) is 10.5. The molecule has 0 radical (unpaired) electrons. The fraction of sp³-hybridized carbons (Fsp3) is 0.0455. The molecule has 9 heteroatoms. The molecule has 0 atom stereocenters. The lowest BCUT2D eigenvalue weighted by Gasteiger charge is -2.08. The Kier molecular flexibility index (Phi) is 5.39. The average molecular weight is 416 g/mol. The number of amides is 1. The number of carbonyl (C=O) groups excluding carboxylic acids is 1. The van der Waals surface area contributed by atoms with E-state index in [0.29, 0.717) is 34.0 Å². The van der Waals surface area contributed by atoms with E-state index in [4.69, 9.17) is 9.26 Å². The molecule has 1 amide bonds. The van der Waals surface area contributed by atoms with Crippen LogP contribution in [0, 0.1) is 10.1 Å². The fourth-order valence-electron chi connectivity index (χ4n) is 3.00. The van der Waals surface area contributed by atoms with Gasteiger partial charge in [-0.25, -0.2) is 0 Å². The molecular weight excluding hydrogens is 400 g/mol. The highest BCUT2D eigenvalue weighted by atomic mass is 16.6. The van der Waals surface area contributed by atoms with Crippen LogP contribution in [0.3, 0.4) is 0 Å². The van der Waals surface area contributed by atoms with Gasteiger partial charge in [-0.2, -0.15) is 4.98 Å². The molecule has 9 nitrogen and oxygen atoms in total. The number of para-hydroxylation sites is 1. The third-order valence-corrected chi connectivity index (χ3v) is 4.51. The molecular formula is C22H16N4O5. The summed E-state index contributed by atoms with van der Waals surface area (Å²) in [6.45, 7) is 0. The SMILES string of the molecule is COc1ccccc1-c1noc(-c2ccccc2C(=O)Nc2ccc([N+](=O)[O-])cc2)n1. The smallest absolute Gasteiger partial charge is 0.269 e. The number of carbonyl (C=O) groups is 1. The number of hydrogen-bond donors (Lipinski definition) is 1. The van der Waals surface area contributed by atoms with Crippen molar-refractivity contribution >= 4 is 17.3 Å². The highest BCUT2D eigenvalue weighted by Crippen LogP contribution is 2.30. The van der Waals surface area contributed by atoms with Gasteiger partial charge in [-0.15, -0.1) is 0 Å². The van der Waals surface area contributed by atoms with Gasteiger partial charge >= 0.3 is 0 Å². The molecule has 0 saturated heterocycles. The molecule has 0 aliphatic heterocycles. The van der Waals surface area contributed by atoms with Crippen molar-refractivity contribution in [2.75, 3.05) is 12.4 Å². The van der Waals surface area contributed by atoms with Gasteiger partial charge in [0.2, 0.25) is 5.82 Å². The molecule has 4 rings (SSSR count). The van der Waals surface area contributed by atoms with Crippen molar-refractivity contribution in [3.8, 4) is 28.6 Å². The number of benzene rings is 3. The topological polar surface area (TPSA) is 120 Å². The van der Waals surface area contributed by atoms with Crippen LogP contribution in [0.5, 0.6) is 5.75 Å². The first kappa shape index (κ1) is 19.8. The molecule has 0 fully saturated rings. The van der Waals surface area contributed by atoms with E-state index >= 15 is 0 Å². The van der Waals surface area contributed by atoms with Crippen molar-refractivity contribution in [3.63, 3.8) is 0 Å². The Morgan fingerprint density at radius 1 is 1.00 bits per heavy atom. The van der Waals surface area contributed by atoms with Gasteiger partial charge in [0.15, 0.2) is 0 Å². The first-order valence-corrected chi connectivity index (χ1v) is 9.19. The molecule has 31 heavy (non-hydrogen) atoms. The zero-order valence-electron chi connectivity index (χ0n) is 16.3. The van der Waals surface area contributed by atoms with Gasteiger partial charge in [0.1, 0.15) is 5.75 Å². The minimum Gasteiger partial charge on any atom is -0.496 e. The first-order chi connectivity index (χ1) is 15.1. The van der Waals surface area contributed by atoms with E-state index in [1.54, 1.807) is 43.5 Å². The molecule has 0 spiro atoms. The number of rotatable bonds is 6. The molecule has 0 aliphatic rings. The monoisotopic (exact) mass is 416 g/mol. The van der Waals surface area contributed by atoms with E-state index in [1.807, 2.05) is 12.1 Å². The summed E-state index contributed by atoms with van der Waals surface area (Å²) < 4.78 is 10.8. The van der Waals surface area contributed by atoms with Gasteiger partial charge in [0.05, 0.1) is 28.7 Å². The predicted octanol–water partition coefficient (Wildman–Crippen LogP) is 4.57. The summed E-state index contributed by atoms with van der Waals surface area (Å²) in [4.78, 5) is 27.6. The summed E-state index contributed by atoms with van der Waals surface area (Å²) in [6.07, 6.45) is 0. The van der Waals surface area contributed by atoms with Crippen LogP contribution in [-0.2, 0) is 0 Å². The predicted molar refractivity (Wildman–Crippen MR) is 113 cm³/mol. The Labute approximate surface area is 176 Å². The van der Waals surface area contributed by atoms with Crippen molar-refractivity contribution in [3.05, 3.63) is 88.5 Å². The van der Waals surface area contributed by atoms with E-state index in [1.165, 1.54) is 24.3 Å². The lowest BCUT2D eigenvalue weighted by molar-refractivity contribution is -0.384. The van der Waals surface area contributed by atoms with Gasteiger partial charge < -0.3 is 14.6 Å². The van der Waals surface area contributed by atoms with Crippen LogP contribution >= 0.6 is 0 Å². The second kappa shape index (κ2) is 8.46. The van der Waals surface area contributed by atoms with Crippen LogP contribution in [0.25, 0.3) is 22.8 Å². The summed E-state index contributed by atoms with van der Waals surface area (Å²) in [6, 6.07) is 19.6. The molecule has 1 aromatic heterocycles. The maximum Gasteiger partial charge on any atom is 0.269 e. The summed E-state index contributed by atoms with van der Waals surface area (Å²) >= 11 is 0. The Balaban J connectivity index is 1.62. The molecule has 0 unspecified atom stereocenters. The maximum absolute atomic E-state index is 12.8. The largest absolute Gasteiger partial charge is 0.496 e. The summed E-state index contributed by atoms with van der Waals surface area (Å²) in [7, 11) is 1.55. The standard InChI is InChI=1S/C22H16N4O5/c1-30-19-9-5-4-8-18(19)20-24-22(31-25-20)17-7-3-2-6-16(17)21(27)23-14-10-12-15(13-11-14)26(28)29/h2-13H,1H3,(H,23,27). The van der Waals surface area contributed by atoms with Crippen molar-refractivity contribution in [1.29, 1.82) is 0 Å². The second-order valence-electron chi connectivity index (χ2n) is 6.43. The Morgan fingerprint density at radius 2 is 1.68 bits per heavy atom. The third-order valence-electron chi connectivity index (χ3n) is 4.51. The Morgan fingerprint density at radius 3 is 2.39 bits per heavy atom. The van der Waals surface area contributed by atoms with Crippen molar-refractivity contribution in [2.24, 2.45) is 0 Å². The number of methoxy groups -OCH3 is 1. The van der Waals surface area contributed by atoms with Crippen LogP contribution in [0.15, 0.2) is 77.3 Å². The molecule has 3 aromatic carbocycles. The molecule has 0 bridgehead atoms. The number of hydrogen-bond acceptors (Lipinski definition) is 7. The van der Waals surface area contributed by atoms with Crippen LogP contribution in [0.1, 0.15) is 10.4 Å². The van der Waals surface area contributed by atoms with Crippen LogP contribution in [-0.4, -0.2) is 28.1 Å². The number of anilines is 1. The fourth-order valence-corrected chi connectivity index (χ4v) is 3.00. The number of ether oxygens (including phenoxy) is 1. The number of aromatic nitrogens is 2. The molecule has 0 saturated carbocycles. The average Bonchev–Trinajstić information content (AvgIpc) is 3.29. The molecule has 1 N–H and O–H groups in total. The zero-order valence-corrected chi connectivity index (χ0v) is 16.3. The lowest BCUT2D eigenvalue weighted by Crippen LogP contribution is -2.13. The summed E-state index contributed by atoms with van der Waals surface area (Å²) in [5.74, 6) is 0.689. The first-order valence-electron chi connectivity index (χ1n) is 9.19. The minimum absolute atomic E-state index is 0.0619. The van der Waals surface area contributed by atoms with Crippen molar-refractivity contribution < 1.29 is 19.0 Å². The lowest BCUT2D eigenvalue weighted by atomic mass is 10.1. The van der Waals surface area contributed by atoms with Crippen molar-refractivity contribution in [2.45, 2.75) is 0 Å². The number of non-ortho nitro benzene ring substituents is 1. The quantitative estimate of drug-likeness (QED) is 0.361. The van der Waals surface area contributed by atoms with Gasteiger partial charge in [-0.1, -0.05) is 29.4 Å². The number of nitrogens with zero attached hydrogens (tertiary/aromatic N) is 3. The van der Waals surface area contributed by atoms with Crippen molar-refractivity contribution in [1.82, 2.24) is 10.1 Å². The van der Waals surface area contributed by atoms with E-state index in [2.05, 4.69) is 15.5 Å². The molecule has 154 valence electrons. The second-order valence-corrected chi connectivity index (χ2v) is 6.43. The van der Waals surface area contributed by atoms with Gasteiger partial charge in [-0.05, 0) is 36.4 Å². The third kappa shape index (κ3) is 4.10. The van der Waals surface area contributed by atoms with Crippen LogP contribution < -0.4 is 10.1 Å². The van der Waals surface area contributed by atoms with E-state index < -0.39 is 10.8 Å². The van der Waals surface area contributed by atoms with E-state index in [-0.39, 0.29) is 11.6 Å². The van der Waals surface area contributed by atoms with Crippen LogP contribution in [0.4, 0.5) is 11.4 Å². The summed E-state index contributed by atoms with van der Waals surface area (Å²) in [5, 5.41) is 17.5. The van der Waals surface area contributed by atoms with Crippen LogP contribution in [0.2, 0.25) is 0 Å². The highest BCUT2D eigenvalue weighted by Gasteiger charge is 2.19. The van der Waals surface area contributed by atoms with E-state index in [9.17, 15) is 14.9 Å². The maximum atomic E-state index is 12.8. The van der Waals surface area contributed by atoms with E-state index in [0.717, 1.165) is 0 Å². The number of nitrogens with one attached hydrogen (secondary N) is 1. The summed E-state index contributed by atoms with van der Waals surface area (Å²) in [5.41, 5.74) is 1.79.